The molecule has 0 N–H and O–H groups in total. The number of aryl methyl sites for hydroxylation is 1. The third-order valence-corrected chi connectivity index (χ3v) is 9.85. The Labute approximate surface area is 210 Å². The number of nitrogens with zero attached hydrogens (tertiary/aromatic N) is 5. The lowest BCUT2D eigenvalue weighted by Crippen LogP contribution is -2.27. The molecule has 0 unspecified atom stereocenters. The van der Waals surface area contributed by atoms with E-state index in [2.05, 4.69) is 20.2 Å². The molecule has 0 radical (unpaired) electrons. The van der Waals surface area contributed by atoms with Crippen molar-refractivity contribution in [3.05, 3.63) is 53.6 Å². The first-order chi connectivity index (χ1) is 16.8. The fraction of sp³-hybridized carbons (Fsp3) is 0.500. The Kier molecular flexibility index (Phi) is 7.65. The minimum absolute atomic E-state index is 0.163. The van der Waals surface area contributed by atoms with Gasteiger partial charge in [0.2, 0.25) is 0 Å². The first kappa shape index (κ1) is 25.4. The van der Waals surface area contributed by atoms with Crippen LogP contribution in [0.2, 0.25) is 0 Å². The van der Waals surface area contributed by atoms with Gasteiger partial charge in [-0.15, -0.1) is 10.2 Å². The summed E-state index contributed by atoms with van der Waals surface area (Å²) in [5.41, 5.74) is 1.54. The average Bonchev–Trinajstić information content (AvgIpc) is 3.52. The summed E-state index contributed by atoms with van der Waals surface area (Å²) in [7, 11) is -0.483. The molecule has 0 saturated carbocycles. The molecule has 188 valence electrons. The van der Waals surface area contributed by atoms with E-state index in [4.69, 9.17) is 9.47 Å². The Balaban J connectivity index is 1.76. The number of thioether (sulfide) groups is 1. The smallest absolute Gasteiger partial charge is 0.160 e. The Morgan fingerprint density at radius 1 is 1.11 bits per heavy atom. The van der Waals surface area contributed by atoms with E-state index in [0.29, 0.717) is 28.8 Å². The minimum Gasteiger partial charge on any atom is -0.494 e. The maximum absolute atomic E-state index is 13.6. The van der Waals surface area contributed by atoms with Crippen molar-refractivity contribution in [2.45, 2.75) is 50.0 Å². The summed E-state index contributed by atoms with van der Waals surface area (Å²) in [6, 6.07) is 5.48. The second-order valence-corrected chi connectivity index (χ2v) is 12.3. The lowest BCUT2D eigenvalue weighted by Gasteiger charge is -2.21. The molecule has 0 spiro atoms. The summed E-state index contributed by atoms with van der Waals surface area (Å²) >= 11 is 1.85. The van der Waals surface area contributed by atoms with Crippen LogP contribution in [-0.4, -0.2) is 64.1 Å². The SMILES string of the molecule is COc1cccc(OC)c1-n1c(CS(=O)(=O)[C@@H](C)[C@H](C)c2ncc(C)cn2)nnc1[C@@H]1CCSC1. The zero-order valence-electron chi connectivity index (χ0n) is 20.6. The fourth-order valence-electron chi connectivity index (χ4n) is 4.19. The molecular weight excluding hydrogens is 486 g/mol. The van der Waals surface area contributed by atoms with Crippen molar-refractivity contribution in [1.82, 2.24) is 24.7 Å². The van der Waals surface area contributed by atoms with Crippen LogP contribution in [0.4, 0.5) is 0 Å². The Morgan fingerprint density at radius 3 is 2.34 bits per heavy atom. The number of hydrogen-bond acceptors (Lipinski definition) is 9. The van der Waals surface area contributed by atoms with Gasteiger partial charge in [-0.05, 0) is 43.7 Å². The van der Waals surface area contributed by atoms with Crippen molar-refractivity contribution in [2.75, 3.05) is 25.7 Å². The summed E-state index contributed by atoms with van der Waals surface area (Å²) in [4.78, 5) is 8.69. The molecule has 1 aliphatic heterocycles. The molecule has 1 fully saturated rings. The molecule has 1 aliphatic rings. The quantitative estimate of drug-likeness (QED) is 0.419. The van der Waals surface area contributed by atoms with Gasteiger partial charge >= 0.3 is 0 Å². The van der Waals surface area contributed by atoms with Crippen molar-refractivity contribution in [3.8, 4) is 17.2 Å². The number of para-hydroxylation sites is 1. The summed E-state index contributed by atoms with van der Waals surface area (Å²) < 4.78 is 40.3. The fourth-order valence-corrected chi connectivity index (χ4v) is 6.96. The number of aromatic nitrogens is 5. The van der Waals surface area contributed by atoms with E-state index in [0.717, 1.165) is 29.3 Å². The van der Waals surface area contributed by atoms with Gasteiger partial charge in [0.15, 0.2) is 15.7 Å². The molecule has 3 heterocycles. The molecule has 0 aliphatic carbocycles. The second kappa shape index (κ2) is 10.5. The van der Waals surface area contributed by atoms with Gasteiger partial charge in [-0.1, -0.05) is 13.0 Å². The van der Waals surface area contributed by atoms with Crippen LogP contribution in [0.5, 0.6) is 11.5 Å². The van der Waals surface area contributed by atoms with Gasteiger partial charge in [0, 0.05) is 30.0 Å². The predicted octanol–water partition coefficient (Wildman–Crippen LogP) is 3.71. The van der Waals surface area contributed by atoms with Gasteiger partial charge in [0.05, 0.1) is 19.5 Å². The second-order valence-electron chi connectivity index (χ2n) is 8.80. The zero-order valence-corrected chi connectivity index (χ0v) is 22.3. The standard InChI is InChI=1S/C24H31N5O4S2/c1-15-11-25-23(26-12-15)16(2)17(3)35(30,31)14-21-27-28-24(18-9-10-34-13-18)29(21)22-19(32-4)7-6-8-20(22)33-5/h6-8,11-12,16-18H,9-10,13-14H2,1-5H3/t16-,17-,18+/m0/s1. The van der Waals surface area contributed by atoms with Gasteiger partial charge < -0.3 is 9.47 Å². The van der Waals surface area contributed by atoms with E-state index in [9.17, 15) is 8.42 Å². The summed E-state index contributed by atoms with van der Waals surface area (Å²) in [6.07, 6.45) is 4.36. The molecular formula is C24H31N5O4S2. The van der Waals surface area contributed by atoms with Crippen LogP contribution >= 0.6 is 11.8 Å². The molecule has 11 heteroatoms. The highest BCUT2D eigenvalue weighted by atomic mass is 32.2. The maximum atomic E-state index is 13.6. The number of sulfone groups is 1. The minimum atomic E-state index is -3.64. The molecule has 4 rings (SSSR count). The highest BCUT2D eigenvalue weighted by Crippen LogP contribution is 2.39. The van der Waals surface area contributed by atoms with Crippen LogP contribution in [0, 0.1) is 6.92 Å². The van der Waals surface area contributed by atoms with E-state index in [1.807, 2.05) is 48.4 Å². The summed E-state index contributed by atoms with van der Waals surface area (Å²) in [5.74, 6) is 4.11. The molecule has 0 amide bonds. The van der Waals surface area contributed by atoms with Crippen LogP contribution < -0.4 is 9.47 Å². The van der Waals surface area contributed by atoms with E-state index >= 15 is 0 Å². The predicted molar refractivity (Wildman–Crippen MR) is 136 cm³/mol. The lowest BCUT2D eigenvalue weighted by molar-refractivity contribution is 0.389. The van der Waals surface area contributed by atoms with Crippen molar-refractivity contribution in [2.24, 2.45) is 0 Å². The molecule has 1 saturated heterocycles. The number of benzene rings is 1. The van der Waals surface area contributed by atoms with Crippen LogP contribution in [0.1, 0.15) is 55.1 Å². The Bertz CT molecular complexity index is 1250. The number of hydrogen-bond donors (Lipinski definition) is 0. The van der Waals surface area contributed by atoms with Crippen LogP contribution in [-0.2, 0) is 15.6 Å². The van der Waals surface area contributed by atoms with Crippen molar-refractivity contribution >= 4 is 21.6 Å². The molecule has 3 aromatic rings. The normalized spacial score (nSPS) is 17.8. The number of methoxy groups -OCH3 is 2. The van der Waals surface area contributed by atoms with Gasteiger partial charge in [0.1, 0.15) is 34.6 Å². The van der Waals surface area contributed by atoms with E-state index in [-0.39, 0.29) is 17.6 Å². The first-order valence-corrected chi connectivity index (χ1v) is 14.4. The summed E-state index contributed by atoms with van der Waals surface area (Å²) in [5, 5.41) is 8.14. The third kappa shape index (κ3) is 5.16. The molecule has 1 aromatic carbocycles. The zero-order chi connectivity index (χ0) is 25.2. The average molecular weight is 518 g/mol. The molecule has 2 aromatic heterocycles. The van der Waals surface area contributed by atoms with Gasteiger partial charge in [-0.3, -0.25) is 4.57 Å². The van der Waals surface area contributed by atoms with Gasteiger partial charge in [-0.25, -0.2) is 18.4 Å². The molecule has 35 heavy (non-hydrogen) atoms. The Morgan fingerprint density at radius 2 is 1.77 bits per heavy atom. The summed E-state index contributed by atoms with van der Waals surface area (Å²) in [6.45, 7) is 5.43. The van der Waals surface area contributed by atoms with Crippen LogP contribution in [0.15, 0.2) is 30.6 Å². The van der Waals surface area contributed by atoms with E-state index < -0.39 is 15.1 Å². The largest absolute Gasteiger partial charge is 0.494 e. The van der Waals surface area contributed by atoms with E-state index in [1.165, 1.54) is 0 Å². The number of rotatable bonds is 9. The van der Waals surface area contributed by atoms with Gasteiger partial charge in [0.25, 0.3) is 0 Å². The lowest BCUT2D eigenvalue weighted by atomic mass is 10.1. The Hall–Kier alpha value is -2.66. The van der Waals surface area contributed by atoms with Crippen LogP contribution in [0.25, 0.3) is 5.69 Å². The molecule has 0 bridgehead atoms. The molecule has 3 atom stereocenters. The highest BCUT2D eigenvalue weighted by molar-refractivity contribution is 7.99. The maximum Gasteiger partial charge on any atom is 0.160 e. The third-order valence-electron chi connectivity index (χ3n) is 6.48. The van der Waals surface area contributed by atoms with Crippen molar-refractivity contribution in [3.63, 3.8) is 0 Å². The highest BCUT2D eigenvalue weighted by Gasteiger charge is 2.34. The van der Waals surface area contributed by atoms with Gasteiger partial charge in [-0.2, -0.15) is 11.8 Å². The topological polar surface area (TPSA) is 109 Å². The van der Waals surface area contributed by atoms with Crippen LogP contribution in [0.3, 0.4) is 0 Å². The van der Waals surface area contributed by atoms with Crippen molar-refractivity contribution in [1.29, 1.82) is 0 Å². The monoisotopic (exact) mass is 517 g/mol. The van der Waals surface area contributed by atoms with E-state index in [1.54, 1.807) is 33.5 Å². The molecule has 9 nitrogen and oxygen atoms in total. The first-order valence-electron chi connectivity index (χ1n) is 11.5. The number of ether oxygens (including phenoxy) is 2. The van der Waals surface area contributed by atoms with Crippen molar-refractivity contribution < 1.29 is 17.9 Å².